The summed E-state index contributed by atoms with van der Waals surface area (Å²) < 4.78 is 2.00. The van der Waals surface area contributed by atoms with Crippen LogP contribution in [0.5, 0.6) is 0 Å². The van der Waals surface area contributed by atoms with E-state index in [-0.39, 0.29) is 11.7 Å². The Balaban J connectivity index is 1.71. The molecule has 0 atom stereocenters. The van der Waals surface area contributed by atoms with Gasteiger partial charge in [0.15, 0.2) is 11.0 Å². The summed E-state index contributed by atoms with van der Waals surface area (Å²) in [5.41, 5.74) is 2.45. The van der Waals surface area contributed by atoms with Crippen LogP contribution in [0.25, 0.3) is 11.5 Å². The molecule has 0 bridgehead atoms. The lowest BCUT2D eigenvalue weighted by molar-refractivity contribution is -0.113. The molecule has 2 aromatic heterocycles. The lowest BCUT2D eigenvalue weighted by Gasteiger charge is -2.10. The SMILES string of the molecule is CCCn1c(SCC(=O)Nc2cc(Cl)ccc2C)nnc1-c1ccccn1. The highest BCUT2D eigenvalue weighted by Crippen LogP contribution is 2.24. The summed E-state index contributed by atoms with van der Waals surface area (Å²) in [6.07, 6.45) is 2.66. The van der Waals surface area contributed by atoms with Gasteiger partial charge in [0.05, 0.1) is 5.75 Å². The van der Waals surface area contributed by atoms with E-state index in [2.05, 4.69) is 27.4 Å². The first kappa shape index (κ1) is 19.4. The molecule has 0 aliphatic carbocycles. The number of anilines is 1. The average Bonchev–Trinajstić information content (AvgIpc) is 3.07. The molecule has 27 heavy (non-hydrogen) atoms. The second kappa shape index (κ2) is 9.01. The van der Waals surface area contributed by atoms with E-state index in [0.717, 1.165) is 29.9 Å². The van der Waals surface area contributed by atoms with Crippen LogP contribution in [-0.4, -0.2) is 31.4 Å². The van der Waals surface area contributed by atoms with Gasteiger partial charge in [0.2, 0.25) is 5.91 Å². The molecule has 1 aromatic carbocycles. The van der Waals surface area contributed by atoms with E-state index < -0.39 is 0 Å². The van der Waals surface area contributed by atoms with Gasteiger partial charge in [-0.1, -0.05) is 42.4 Å². The first-order valence-corrected chi connectivity index (χ1v) is 9.98. The maximum absolute atomic E-state index is 12.4. The molecule has 1 amide bonds. The molecule has 2 heterocycles. The fraction of sp³-hybridized carbons (Fsp3) is 0.263. The Hall–Kier alpha value is -2.38. The molecule has 6 nitrogen and oxygen atoms in total. The zero-order chi connectivity index (χ0) is 19.2. The van der Waals surface area contributed by atoms with Gasteiger partial charge in [0.1, 0.15) is 5.69 Å². The highest BCUT2D eigenvalue weighted by Gasteiger charge is 2.16. The number of rotatable bonds is 7. The third-order valence-corrected chi connectivity index (χ3v) is 5.07. The van der Waals surface area contributed by atoms with E-state index in [4.69, 9.17) is 11.6 Å². The van der Waals surface area contributed by atoms with Crippen molar-refractivity contribution in [2.45, 2.75) is 32.0 Å². The second-order valence-electron chi connectivity index (χ2n) is 5.97. The summed E-state index contributed by atoms with van der Waals surface area (Å²) in [5.74, 6) is 0.831. The van der Waals surface area contributed by atoms with Crippen molar-refractivity contribution in [3.05, 3.63) is 53.2 Å². The van der Waals surface area contributed by atoms with Gasteiger partial charge in [-0.15, -0.1) is 10.2 Å². The number of nitrogens with one attached hydrogen (secondary N) is 1. The van der Waals surface area contributed by atoms with E-state index in [1.165, 1.54) is 11.8 Å². The van der Waals surface area contributed by atoms with Crippen LogP contribution >= 0.6 is 23.4 Å². The topological polar surface area (TPSA) is 72.7 Å². The highest BCUT2D eigenvalue weighted by molar-refractivity contribution is 7.99. The average molecular weight is 402 g/mol. The zero-order valence-electron chi connectivity index (χ0n) is 15.1. The summed E-state index contributed by atoms with van der Waals surface area (Å²) in [4.78, 5) is 16.7. The van der Waals surface area contributed by atoms with Crippen molar-refractivity contribution in [2.75, 3.05) is 11.1 Å². The molecule has 3 aromatic rings. The molecular formula is C19H20ClN5OS. The molecule has 0 saturated heterocycles. The predicted octanol–water partition coefficient (Wildman–Crippen LogP) is 4.44. The van der Waals surface area contributed by atoms with E-state index in [9.17, 15) is 4.79 Å². The van der Waals surface area contributed by atoms with Crippen LogP contribution in [0.1, 0.15) is 18.9 Å². The standard InChI is InChI=1S/C19H20ClN5OS/c1-3-10-25-18(15-6-4-5-9-21-15)23-24-19(25)27-12-17(26)22-16-11-14(20)8-7-13(16)2/h4-9,11H,3,10,12H2,1-2H3,(H,22,26). The lowest BCUT2D eigenvalue weighted by Crippen LogP contribution is -2.15. The van der Waals surface area contributed by atoms with Gasteiger partial charge >= 0.3 is 0 Å². The Morgan fingerprint density at radius 2 is 2.11 bits per heavy atom. The number of aryl methyl sites for hydroxylation is 1. The first-order valence-electron chi connectivity index (χ1n) is 8.62. The van der Waals surface area contributed by atoms with Gasteiger partial charge in [0.25, 0.3) is 0 Å². The number of pyridine rings is 1. The van der Waals surface area contributed by atoms with Gasteiger partial charge < -0.3 is 9.88 Å². The number of aromatic nitrogens is 4. The summed E-state index contributed by atoms with van der Waals surface area (Å²) in [6, 6.07) is 11.1. The normalized spacial score (nSPS) is 10.8. The Morgan fingerprint density at radius 3 is 2.85 bits per heavy atom. The monoisotopic (exact) mass is 401 g/mol. The Morgan fingerprint density at radius 1 is 1.26 bits per heavy atom. The molecule has 0 aliphatic heterocycles. The molecule has 8 heteroatoms. The van der Waals surface area contributed by atoms with Crippen LogP contribution in [0.2, 0.25) is 5.02 Å². The van der Waals surface area contributed by atoms with E-state index >= 15 is 0 Å². The third kappa shape index (κ3) is 4.87. The third-order valence-electron chi connectivity index (χ3n) is 3.86. The van der Waals surface area contributed by atoms with Crippen molar-refractivity contribution in [1.29, 1.82) is 0 Å². The number of amides is 1. The lowest BCUT2D eigenvalue weighted by atomic mass is 10.2. The van der Waals surface area contributed by atoms with Crippen LogP contribution in [0.3, 0.4) is 0 Å². The summed E-state index contributed by atoms with van der Waals surface area (Å²) in [5, 5.41) is 12.7. The molecule has 0 spiro atoms. The number of hydrogen-bond donors (Lipinski definition) is 1. The molecule has 1 N–H and O–H groups in total. The van der Waals surface area contributed by atoms with Crippen LogP contribution in [0.15, 0.2) is 47.8 Å². The summed E-state index contributed by atoms with van der Waals surface area (Å²) in [7, 11) is 0. The van der Waals surface area contributed by atoms with E-state index in [1.54, 1.807) is 18.3 Å². The number of thioether (sulfide) groups is 1. The minimum atomic E-state index is -0.115. The molecular weight excluding hydrogens is 382 g/mol. The van der Waals surface area contributed by atoms with E-state index in [1.807, 2.05) is 35.8 Å². The largest absolute Gasteiger partial charge is 0.325 e. The quantitative estimate of drug-likeness (QED) is 0.592. The predicted molar refractivity (Wildman–Crippen MR) is 109 cm³/mol. The number of carbonyl (C=O) groups is 1. The first-order chi connectivity index (χ1) is 13.1. The molecule has 0 fully saturated rings. The van der Waals surface area contributed by atoms with E-state index in [0.29, 0.717) is 16.0 Å². The Kier molecular flexibility index (Phi) is 6.47. The molecule has 0 radical (unpaired) electrons. The Bertz CT molecular complexity index is 929. The maximum Gasteiger partial charge on any atom is 0.234 e. The van der Waals surface area contributed by atoms with Crippen LogP contribution in [0.4, 0.5) is 5.69 Å². The smallest absolute Gasteiger partial charge is 0.234 e. The van der Waals surface area contributed by atoms with Gasteiger partial charge in [-0.3, -0.25) is 9.78 Å². The second-order valence-corrected chi connectivity index (χ2v) is 7.35. The van der Waals surface area contributed by atoms with Gasteiger partial charge in [-0.05, 0) is 43.2 Å². The van der Waals surface area contributed by atoms with Crippen molar-refractivity contribution >= 4 is 35.0 Å². The molecule has 0 saturated carbocycles. The number of halogens is 1. The van der Waals surface area contributed by atoms with Crippen molar-refractivity contribution in [3.8, 4) is 11.5 Å². The maximum atomic E-state index is 12.4. The molecule has 3 rings (SSSR count). The van der Waals surface area contributed by atoms with Gasteiger partial charge in [-0.25, -0.2) is 0 Å². The van der Waals surface area contributed by atoms with Crippen molar-refractivity contribution < 1.29 is 4.79 Å². The number of benzene rings is 1. The molecule has 140 valence electrons. The fourth-order valence-corrected chi connectivity index (χ4v) is 3.49. The molecule has 0 unspecified atom stereocenters. The van der Waals surface area contributed by atoms with Crippen molar-refractivity contribution in [3.63, 3.8) is 0 Å². The summed E-state index contributed by atoms with van der Waals surface area (Å²) in [6.45, 7) is 4.78. The van der Waals surface area contributed by atoms with Crippen molar-refractivity contribution in [2.24, 2.45) is 0 Å². The number of nitrogens with zero attached hydrogens (tertiary/aromatic N) is 4. The number of hydrogen-bond acceptors (Lipinski definition) is 5. The number of carbonyl (C=O) groups excluding carboxylic acids is 1. The summed E-state index contributed by atoms with van der Waals surface area (Å²) >= 11 is 7.36. The Labute approximate surface area is 167 Å². The van der Waals surface area contributed by atoms with Crippen molar-refractivity contribution in [1.82, 2.24) is 19.7 Å². The van der Waals surface area contributed by atoms with Gasteiger partial charge in [-0.2, -0.15) is 0 Å². The highest BCUT2D eigenvalue weighted by atomic mass is 35.5. The van der Waals surface area contributed by atoms with Crippen LogP contribution in [0, 0.1) is 6.92 Å². The fourth-order valence-electron chi connectivity index (χ4n) is 2.55. The van der Waals surface area contributed by atoms with Crippen LogP contribution < -0.4 is 5.32 Å². The van der Waals surface area contributed by atoms with Gasteiger partial charge in [0, 0.05) is 23.5 Å². The zero-order valence-corrected chi connectivity index (χ0v) is 16.7. The minimum Gasteiger partial charge on any atom is -0.325 e. The van der Waals surface area contributed by atoms with Crippen LogP contribution in [-0.2, 0) is 11.3 Å². The minimum absolute atomic E-state index is 0.115. The molecule has 0 aliphatic rings.